The number of nitrogens with one attached hydrogen (secondary N) is 1. The number of thiophene rings is 1. The largest absolute Gasteiger partial charge is 0.378 e. The van der Waals surface area contributed by atoms with Crippen molar-refractivity contribution in [3.63, 3.8) is 0 Å². The number of anilines is 1. The van der Waals surface area contributed by atoms with Gasteiger partial charge in [0.2, 0.25) is 0 Å². The third-order valence-electron chi connectivity index (χ3n) is 3.20. The fourth-order valence-corrected chi connectivity index (χ4v) is 4.53. The van der Waals surface area contributed by atoms with E-state index in [-0.39, 0.29) is 0 Å². The van der Waals surface area contributed by atoms with Crippen LogP contribution in [0.3, 0.4) is 0 Å². The smallest absolute Gasteiger partial charge is 0.0660 e. The van der Waals surface area contributed by atoms with Crippen LogP contribution in [0.5, 0.6) is 0 Å². The summed E-state index contributed by atoms with van der Waals surface area (Å²) in [5, 5.41) is 3.65. The molecular weight excluding hydrogens is 341 g/mol. The zero-order valence-electron chi connectivity index (χ0n) is 9.45. The molecule has 0 spiro atoms. The van der Waals surface area contributed by atoms with Crippen LogP contribution >= 0.6 is 33.9 Å². The monoisotopic (exact) mass is 355 g/mol. The molecule has 0 saturated carbocycles. The number of hydrogen-bond acceptors (Lipinski definition) is 2. The molecule has 1 nitrogen and oxygen atoms in total. The standard InChI is InChI=1S/C14H14INS/c15-14-9-11-12(7-4-8-13(11)17-14)16-10-5-2-1-3-6-10/h1-3,5-6,9,12,16H,4,7-8H2. The number of halogens is 1. The molecule has 1 aliphatic carbocycles. The van der Waals surface area contributed by atoms with E-state index in [9.17, 15) is 0 Å². The third-order valence-corrected chi connectivity index (χ3v) is 5.17. The number of rotatable bonds is 2. The Morgan fingerprint density at radius 2 is 2.06 bits per heavy atom. The van der Waals surface area contributed by atoms with Crippen molar-refractivity contribution in [1.82, 2.24) is 0 Å². The summed E-state index contributed by atoms with van der Waals surface area (Å²) in [7, 11) is 0. The van der Waals surface area contributed by atoms with Gasteiger partial charge in [-0.2, -0.15) is 0 Å². The molecule has 3 rings (SSSR count). The van der Waals surface area contributed by atoms with Crippen LogP contribution in [0.2, 0.25) is 0 Å². The molecule has 0 bridgehead atoms. The van der Waals surface area contributed by atoms with Crippen LogP contribution in [0.25, 0.3) is 0 Å². The van der Waals surface area contributed by atoms with Gasteiger partial charge in [0, 0.05) is 10.6 Å². The van der Waals surface area contributed by atoms with E-state index >= 15 is 0 Å². The fraction of sp³-hybridized carbons (Fsp3) is 0.286. The summed E-state index contributed by atoms with van der Waals surface area (Å²) in [5.74, 6) is 0. The van der Waals surface area contributed by atoms with Gasteiger partial charge in [0.05, 0.1) is 8.93 Å². The van der Waals surface area contributed by atoms with Crippen molar-refractivity contribution in [2.45, 2.75) is 25.3 Å². The molecular formula is C14H14INS. The molecule has 3 heteroatoms. The number of fused-ring (bicyclic) bond motifs is 1. The number of benzene rings is 1. The van der Waals surface area contributed by atoms with Crippen LogP contribution in [0.1, 0.15) is 29.3 Å². The van der Waals surface area contributed by atoms with Crippen LogP contribution in [0.4, 0.5) is 5.69 Å². The van der Waals surface area contributed by atoms with Gasteiger partial charge >= 0.3 is 0 Å². The molecule has 88 valence electrons. The molecule has 1 atom stereocenters. The van der Waals surface area contributed by atoms with E-state index < -0.39 is 0 Å². The molecule has 1 N–H and O–H groups in total. The number of para-hydroxylation sites is 1. The first kappa shape index (κ1) is 11.5. The van der Waals surface area contributed by atoms with Gasteiger partial charge in [-0.3, -0.25) is 0 Å². The zero-order valence-corrected chi connectivity index (χ0v) is 12.4. The first-order chi connectivity index (χ1) is 8.33. The Kier molecular flexibility index (Phi) is 3.38. The quantitative estimate of drug-likeness (QED) is 0.760. The van der Waals surface area contributed by atoms with Gasteiger partial charge in [0.15, 0.2) is 0 Å². The maximum absolute atomic E-state index is 3.65. The van der Waals surface area contributed by atoms with Crippen molar-refractivity contribution >= 4 is 39.6 Å². The lowest BCUT2D eigenvalue weighted by atomic mass is 9.94. The van der Waals surface area contributed by atoms with Gasteiger partial charge in [-0.25, -0.2) is 0 Å². The van der Waals surface area contributed by atoms with Gasteiger partial charge in [0.25, 0.3) is 0 Å². The summed E-state index contributed by atoms with van der Waals surface area (Å²) in [4.78, 5) is 1.58. The number of hydrogen-bond donors (Lipinski definition) is 1. The molecule has 1 aliphatic rings. The maximum Gasteiger partial charge on any atom is 0.0660 e. The Balaban J connectivity index is 1.86. The van der Waals surface area contributed by atoms with E-state index in [0.717, 1.165) is 0 Å². The minimum atomic E-state index is 0.501. The van der Waals surface area contributed by atoms with Gasteiger partial charge in [0.1, 0.15) is 0 Å². The van der Waals surface area contributed by atoms with Gasteiger partial charge in [-0.05, 0) is 65.6 Å². The van der Waals surface area contributed by atoms with Crippen molar-refractivity contribution in [2.24, 2.45) is 0 Å². The number of aryl methyl sites for hydroxylation is 1. The fourth-order valence-electron chi connectivity index (χ4n) is 2.41. The highest BCUT2D eigenvalue weighted by Crippen LogP contribution is 2.37. The highest BCUT2D eigenvalue weighted by molar-refractivity contribution is 14.1. The first-order valence-electron chi connectivity index (χ1n) is 5.92. The average molecular weight is 355 g/mol. The molecule has 0 fully saturated rings. The Bertz CT molecular complexity index is 506. The SMILES string of the molecule is Ic1cc2c(s1)CCCC2Nc1ccccc1. The Hall–Kier alpha value is -0.550. The summed E-state index contributed by atoms with van der Waals surface area (Å²) in [6.07, 6.45) is 3.80. The molecule has 2 aromatic rings. The zero-order chi connectivity index (χ0) is 11.7. The summed E-state index contributed by atoms with van der Waals surface area (Å²) < 4.78 is 1.41. The lowest BCUT2D eigenvalue weighted by molar-refractivity contribution is 0.609. The minimum absolute atomic E-state index is 0.501. The van der Waals surface area contributed by atoms with Crippen molar-refractivity contribution in [3.05, 3.63) is 49.7 Å². The van der Waals surface area contributed by atoms with E-state index in [1.54, 1.807) is 4.88 Å². The van der Waals surface area contributed by atoms with Crippen LogP contribution in [-0.4, -0.2) is 0 Å². The van der Waals surface area contributed by atoms with E-state index in [0.29, 0.717) is 6.04 Å². The van der Waals surface area contributed by atoms with Crippen molar-refractivity contribution in [1.29, 1.82) is 0 Å². The lowest BCUT2D eigenvalue weighted by Crippen LogP contribution is -2.15. The van der Waals surface area contributed by atoms with E-state index in [4.69, 9.17) is 0 Å². The van der Waals surface area contributed by atoms with Crippen LogP contribution in [0, 0.1) is 2.88 Å². The van der Waals surface area contributed by atoms with Crippen LogP contribution in [-0.2, 0) is 6.42 Å². The second-order valence-corrected chi connectivity index (χ2v) is 7.42. The molecule has 0 amide bonds. The molecule has 1 unspecified atom stereocenters. The van der Waals surface area contributed by atoms with Crippen molar-refractivity contribution < 1.29 is 0 Å². The van der Waals surface area contributed by atoms with E-state index in [1.807, 2.05) is 11.3 Å². The van der Waals surface area contributed by atoms with Crippen LogP contribution < -0.4 is 5.32 Å². The highest BCUT2D eigenvalue weighted by Gasteiger charge is 2.22. The van der Waals surface area contributed by atoms with Crippen LogP contribution in [0.15, 0.2) is 36.4 Å². The molecule has 1 aromatic heterocycles. The van der Waals surface area contributed by atoms with Crippen molar-refractivity contribution in [2.75, 3.05) is 5.32 Å². The first-order valence-corrected chi connectivity index (χ1v) is 7.82. The molecule has 1 aromatic carbocycles. The average Bonchev–Trinajstić information content (AvgIpc) is 2.72. The van der Waals surface area contributed by atoms with E-state index in [1.165, 1.54) is 33.4 Å². The van der Waals surface area contributed by atoms with Gasteiger partial charge in [-0.15, -0.1) is 11.3 Å². The predicted molar refractivity (Wildman–Crippen MR) is 82.8 cm³/mol. The Morgan fingerprint density at radius 3 is 2.88 bits per heavy atom. The maximum atomic E-state index is 3.65. The molecule has 0 aliphatic heterocycles. The normalized spacial score (nSPS) is 18.8. The summed E-state index contributed by atoms with van der Waals surface area (Å²) >= 11 is 4.38. The Labute approximate surface area is 119 Å². The van der Waals surface area contributed by atoms with Crippen molar-refractivity contribution in [3.8, 4) is 0 Å². The predicted octanol–water partition coefficient (Wildman–Crippen LogP) is 4.84. The molecule has 0 saturated heterocycles. The summed E-state index contributed by atoms with van der Waals surface area (Å²) in [6, 6.07) is 13.4. The van der Waals surface area contributed by atoms with Gasteiger partial charge < -0.3 is 5.32 Å². The molecule has 0 radical (unpaired) electrons. The third kappa shape index (κ3) is 2.50. The second kappa shape index (κ2) is 4.98. The molecule has 17 heavy (non-hydrogen) atoms. The summed E-state index contributed by atoms with van der Waals surface area (Å²) in [5.41, 5.74) is 2.75. The van der Waals surface area contributed by atoms with E-state index in [2.05, 4.69) is 64.3 Å². The summed E-state index contributed by atoms with van der Waals surface area (Å²) in [6.45, 7) is 0. The lowest BCUT2D eigenvalue weighted by Gasteiger charge is -2.24. The van der Waals surface area contributed by atoms with Gasteiger partial charge in [-0.1, -0.05) is 18.2 Å². The topological polar surface area (TPSA) is 12.0 Å². The molecule has 1 heterocycles. The second-order valence-electron chi connectivity index (χ2n) is 4.38. The minimum Gasteiger partial charge on any atom is -0.378 e. The highest BCUT2D eigenvalue weighted by atomic mass is 127. The Morgan fingerprint density at radius 1 is 1.24 bits per heavy atom.